The molecule has 0 bridgehead atoms. The number of nitrogens with one attached hydrogen (secondary N) is 1. The minimum atomic E-state index is -0.705. The lowest BCUT2D eigenvalue weighted by atomic mass is 9.95. The second-order valence-electron chi connectivity index (χ2n) is 4.74. The van der Waals surface area contributed by atoms with Gasteiger partial charge in [-0.1, -0.05) is 12.1 Å². The highest BCUT2D eigenvalue weighted by Crippen LogP contribution is 2.22. The van der Waals surface area contributed by atoms with E-state index in [1.807, 2.05) is 0 Å². The van der Waals surface area contributed by atoms with Crippen LogP contribution in [-0.2, 0) is 9.53 Å². The molecule has 1 aromatic rings. The summed E-state index contributed by atoms with van der Waals surface area (Å²) in [6, 6.07) is 6.73. The Bertz CT molecular complexity index is 472. The monoisotopic (exact) mass is 283 g/mol. The van der Waals surface area contributed by atoms with Gasteiger partial charge in [0.25, 0.3) is 0 Å². The van der Waals surface area contributed by atoms with Crippen molar-refractivity contribution in [1.82, 2.24) is 0 Å². The average Bonchev–Trinajstić information content (AvgIpc) is 2.39. The van der Waals surface area contributed by atoms with Gasteiger partial charge in [-0.25, -0.2) is 4.79 Å². The van der Waals surface area contributed by atoms with Crippen LogP contribution in [0.2, 0.25) is 0 Å². The summed E-state index contributed by atoms with van der Waals surface area (Å²) in [4.78, 5) is 23.8. The van der Waals surface area contributed by atoms with Crippen molar-refractivity contribution in [3.8, 4) is 0 Å². The maximum Gasteiger partial charge on any atom is 0.340 e. The average molecular weight is 284 g/mol. The Morgan fingerprint density at radius 1 is 1.32 bits per heavy atom. The molecule has 0 aromatic heterocycles. The second-order valence-corrected chi connectivity index (χ2v) is 5.00. The van der Waals surface area contributed by atoms with Crippen LogP contribution in [-0.4, -0.2) is 24.4 Å². The first-order valence-corrected chi connectivity index (χ1v) is 6.59. The quantitative estimate of drug-likeness (QED) is 0.667. The van der Waals surface area contributed by atoms with Crippen molar-refractivity contribution in [2.75, 3.05) is 17.8 Å². The largest absolute Gasteiger partial charge is 0.462 e. The van der Waals surface area contributed by atoms with Crippen LogP contribution in [0, 0.1) is 5.41 Å². The molecule has 0 aliphatic carbocycles. The van der Waals surface area contributed by atoms with Gasteiger partial charge in [0.05, 0.1) is 23.3 Å². The Kier molecular flexibility index (Phi) is 5.36. The Hall–Kier alpha value is -1.55. The summed E-state index contributed by atoms with van der Waals surface area (Å²) < 4.78 is 4.95. The zero-order valence-corrected chi connectivity index (χ0v) is 12.1. The number of esters is 1. The summed E-state index contributed by atoms with van der Waals surface area (Å²) >= 11 is 5.75. The molecule has 1 N–H and O–H groups in total. The fourth-order valence-corrected chi connectivity index (χ4v) is 1.45. The van der Waals surface area contributed by atoms with Crippen molar-refractivity contribution in [3.63, 3.8) is 0 Å². The molecule has 1 aromatic carbocycles. The van der Waals surface area contributed by atoms with E-state index in [2.05, 4.69) is 5.32 Å². The number of alkyl halides is 1. The number of anilines is 1. The predicted molar refractivity (Wildman–Crippen MR) is 75.5 cm³/mol. The predicted octanol–water partition coefficient (Wildman–Crippen LogP) is 3.07. The Morgan fingerprint density at radius 3 is 2.53 bits per heavy atom. The highest BCUT2D eigenvalue weighted by Gasteiger charge is 2.27. The van der Waals surface area contributed by atoms with E-state index in [-0.39, 0.29) is 18.4 Å². The molecule has 0 atom stereocenters. The van der Waals surface area contributed by atoms with Crippen LogP contribution < -0.4 is 5.32 Å². The van der Waals surface area contributed by atoms with E-state index in [4.69, 9.17) is 16.3 Å². The van der Waals surface area contributed by atoms with Gasteiger partial charge in [-0.05, 0) is 32.9 Å². The topological polar surface area (TPSA) is 55.4 Å². The van der Waals surface area contributed by atoms with Gasteiger partial charge >= 0.3 is 5.97 Å². The van der Waals surface area contributed by atoms with Crippen LogP contribution in [0.3, 0.4) is 0 Å². The van der Waals surface area contributed by atoms with Crippen LogP contribution in [0.1, 0.15) is 31.1 Å². The molecular formula is C14H18ClNO3. The van der Waals surface area contributed by atoms with E-state index in [1.165, 1.54) is 0 Å². The van der Waals surface area contributed by atoms with Crippen LogP contribution in [0.4, 0.5) is 5.69 Å². The standard InChI is InChI=1S/C14H18ClNO3/c1-4-19-12(17)10-7-5-6-8-11(10)16-13(18)14(2,3)9-15/h5-8H,4,9H2,1-3H3,(H,16,18). The minimum Gasteiger partial charge on any atom is -0.462 e. The number of carbonyl (C=O) groups is 2. The minimum absolute atomic E-state index is 0.195. The van der Waals surface area contributed by atoms with E-state index in [1.54, 1.807) is 45.0 Å². The highest BCUT2D eigenvalue weighted by molar-refractivity contribution is 6.20. The summed E-state index contributed by atoms with van der Waals surface area (Å²) in [7, 11) is 0. The molecule has 0 saturated carbocycles. The zero-order chi connectivity index (χ0) is 14.5. The van der Waals surface area contributed by atoms with Gasteiger partial charge in [0.15, 0.2) is 0 Å². The summed E-state index contributed by atoms with van der Waals surface area (Å²) in [5.74, 6) is -0.498. The van der Waals surface area contributed by atoms with E-state index in [9.17, 15) is 9.59 Å². The normalized spacial score (nSPS) is 10.9. The van der Waals surface area contributed by atoms with Gasteiger partial charge in [0.2, 0.25) is 5.91 Å². The third-order valence-electron chi connectivity index (χ3n) is 2.62. The molecule has 4 nitrogen and oxygen atoms in total. The third-order valence-corrected chi connectivity index (χ3v) is 3.29. The molecule has 0 heterocycles. The molecule has 0 aliphatic heterocycles. The first kappa shape index (κ1) is 15.5. The number of amides is 1. The van der Waals surface area contributed by atoms with E-state index < -0.39 is 11.4 Å². The first-order chi connectivity index (χ1) is 8.92. The Labute approximate surface area is 118 Å². The molecule has 0 aliphatic rings. The molecule has 1 amide bonds. The maximum atomic E-state index is 12.1. The smallest absolute Gasteiger partial charge is 0.340 e. The first-order valence-electron chi connectivity index (χ1n) is 6.06. The van der Waals surface area contributed by atoms with Gasteiger partial charge in [0, 0.05) is 5.88 Å². The molecule has 0 unspecified atom stereocenters. The molecule has 5 heteroatoms. The number of benzene rings is 1. The molecule has 0 spiro atoms. The van der Waals surface area contributed by atoms with Gasteiger partial charge in [-0.3, -0.25) is 4.79 Å². The summed E-state index contributed by atoms with van der Waals surface area (Å²) in [5.41, 5.74) is 0.0655. The van der Waals surface area contributed by atoms with Crippen LogP contribution >= 0.6 is 11.6 Å². The molecule has 0 radical (unpaired) electrons. The van der Waals surface area contributed by atoms with Gasteiger partial charge in [-0.15, -0.1) is 11.6 Å². The lowest BCUT2D eigenvalue weighted by Gasteiger charge is -2.21. The van der Waals surface area contributed by atoms with Gasteiger partial charge in [0.1, 0.15) is 0 Å². The number of para-hydroxylation sites is 1. The molecule has 1 rings (SSSR count). The third kappa shape index (κ3) is 3.96. The number of carbonyl (C=O) groups excluding carboxylic acids is 2. The molecule has 0 saturated heterocycles. The number of halogens is 1. The van der Waals surface area contributed by atoms with Crippen molar-refractivity contribution in [3.05, 3.63) is 29.8 Å². The molecule has 19 heavy (non-hydrogen) atoms. The van der Waals surface area contributed by atoms with Crippen LogP contribution in [0.25, 0.3) is 0 Å². The lowest BCUT2D eigenvalue weighted by molar-refractivity contribution is -0.122. The highest BCUT2D eigenvalue weighted by atomic mass is 35.5. The second kappa shape index (κ2) is 6.57. The SMILES string of the molecule is CCOC(=O)c1ccccc1NC(=O)C(C)(C)CCl. The number of hydrogen-bond acceptors (Lipinski definition) is 3. The van der Waals surface area contributed by atoms with E-state index in [0.29, 0.717) is 11.3 Å². The number of hydrogen-bond donors (Lipinski definition) is 1. The summed E-state index contributed by atoms with van der Waals surface area (Å²) in [5, 5.41) is 2.72. The Morgan fingerprint density at radius 2 is 1.95 bits per heavy atom. The summed E-state index contributed by atoms with van der Waals surface area (Å²) in [6.07, 6.45) is 0. The van der Waals surface area contributed by atoms with Crippen molar-refractivity contribution < 1.29 is 14.3 Å². The van der Waals surface area contributed by atoms with Crippen molar-refractivity contribution in [2.45, 2.75) is 20.8 Å². The van der Waals surface area contributed by atoms with Crippen molar-refractivity contribution in [2.24, 2.45) is 5.41 Å². The molecule has 0 fully saturated rings. The van der Waals surface area contributed by atoms with Gasteiger partial charge < -0.3 is 10.1 Å². The van der Waals surface area contributed by atoms with E-state index in [0.717, 1.165) is 0 Å². The summed E-state index contributed by atoms with van der Waals surface area (Å²) in [6.45, 7) is 5.49. The fraction of sp³-hybridized carbons (Fsp3) is 0.429. The Balaban J connectivity index is 2.96. The maximum absolute atomic E-state index is 12.1. The molecule has 104 valence electrons. The molecular weight excluding hydrogens is 266 g/mol. The van der Waals surface area contributed by atoms with Crippen LogP contribution in [0.5, 0.6) is 0 Å². The van der Waals surface area contributed by atoms with Crippen molar-refractivity contribution in [1.29, 1.82) is 0 Å². The lowest BCUT2D eigenvalue weighted by Crippen LogP contribution is -2.32. The van der Waals surface area contributed by atoms with Gasteiger partial charge in [-0.2, -0.15) is 0 Å². The van der Waals surface area contributed by atoms with Crippen molar-refractivity contribution >= 4 is 29.2 Å². The fourth-order valence-electron chi connectivity index (χ4n) is 1.33. The number of ether oxygens (including phenoxy) is 1. The van der Waals surface area contributed by atoms with E-state index >= 15 is 0 Å². The number of rotatable bonds is 5. The zero-order valence-electron chi connectivity index (χ0n) is 11.3. The van der Waals surface area contributed by atoms with Crippen LogP contribution in [0.15, 0.2) is 24.3 Å².